The van der Waals surface area contributed by atoms with Crippen LogP contribution >= 0.6 is 0 Å². The molecular weight excluding hydrogens is 424 g/mol. The first-order valence-corrected chi connectivity index (χ1v) is 13.9. The summed E-state index contributed by atoms with van der Waals surface area (Å²) in [6.45, 7) is 14.3. The molecular formula is C30H48O4. The fraction of sp³-hybridized carbons (Fsp3) is 0.900. The van der Waals surface area contributed by atoms with Crippen molar-refractivity contribution in [3.8, 4) is 0 Å². The molecule has 4 fully saturated rings. The topological polar surface area (TPSA) is 77.8 Å². The zero-order chi connectivity index (χ0) is 24.9. The third-order valence-corrected chi connectivity index (χ3v) is 13.2. The Kier molecular flexibility index (Phi) is 5.36. The molecule has 0 amide bonds. The van der Waals surface area contributed by atoms with Gasteiger partial charge in [-0.15, -0.1) is 0 Å². The van der Waals surface area contributed by atoms with Crippen molar-refractivity contribution in [2.24, 2.45) is 50.2 Å². The van der Waals surface area contributed by atoms with Crippen molar-refractivity contribution in [1.82, 2.24) is 0 Å². The molecule has 0 aromatic carbocycles. The Balaban J connectivity index is 1.60. The second kappa shape index (κ2) is 7.34. The van der Waals surface area contributed by atoms with Gasteiger partial charge in [0.15, 0.2) is 0 Å². The number of aliphatic carboxylic acids is 1. The van der Waals surface area contributed by atoms with Crippen molar-refractivity contribution in [2.75, 3.05) is 6.61 Å². The minimum absolute atomic E-state index is 0.0204. The maximum atomic E-state index is 12.8. The van der Waals surface area contributed by atoms with Gasteiger partial charge in [0.2, 0.25) is 0 Å². The van der Waals surface area contributed by atoms with E-state index in [0.717, 1.165) is 64.2 Å². The van der Waals surface area contributed by atoms with Gasteiger partial charge in [-0.05, 0) is 104 Å². The van der Waals surface area contributed by atoms with E-state index in [1.54, 1.807) is 0 Å². The largest absolute Gasteiger partial charge is 0.481 e. The second-order valence-electron chi connectivity index (χ2n) is 14.9. The average molecular weight is 473 g/mol. The summed E-state index contributed by atoms with van der Waals surface area (Å²) in [4.78, 5) is 12.8. The standard InChI is InChI=1S/C30H48O4/c1-25(2)13-15-30(24(33)34)16-14-28(5)19(20(30)17-25)7-8-22-26(3)11-10-23(32)27(4,18-31)21(26)9-12-29(22,28)6/h7,20-23,31-32H,8-18H2,1-6H3,(H,33,34)/t20-,21+,22+,23-,26-,27-,28+,29+,30-/m1/s1. The lowest BCUT2D eigenvalue weighted by Gasteiger charge is -2.71. The van der Waals surface area contributed by atoms with Crippen LogP contribution in [0.15, 0.2) is 11.6 Å². The fourth-order valence-corrected chi connectivity index (χ4v) is 10.7. The van der Waals surface area contributed by atoms with E-state index >= 15 is 0 Å². The van der Waals surface area contributed by atoms with Gasteiger partial charge in [0.1, 0.15) is 0 Å². The Labute approximate surface area is 206 Å². The molecule has 5 aliphatic rings. The highest BCUT2D eigenvalue weighted by molar-refractivity contribution is 5.76. The maximum absolute atomic E-state index is 12.8. The summed E-state index contributed by atoms with van der Waals surface area (Å²) in [6.07, 6.45) is 11.6. The molecule has 4 nitrogen and oxygen atoms in total. The molecule has 3 N–H and O–H groups in total. The van der Waals surface area contributed by atoms with Crippen molar-refractivity contribution in [2.45, 2.75) is 112 Å². The van der Waals surface area contributed by atoms with Gasteiger partial charge in [-0.3, -0.25) is 4.79 Å². The van der Waals surface area contributed by atoms with Gasteiger partial charge in [-0.25, -0.2) is 0 Å². The van der Waals surface area contributed by atoms with Gasteiger partial charge < -0.3 is 15.3 Å². The van der Waals surface area contributed by atoms with E-state index in [9.17, 15) is 20.1 Å². The Morgan fingerprint density at radius 3 is 2.26 bits per heavy atom. The Morgan fingerprint density at radius 1 is 0.941 bits per heavy atom. The van der Waals surface area contributed by atoms with Crippen LogP contribution in [0.4, 0.5) is 0 Å². The third kappa shape index (κ3) is 2.88. The number of carboxylic acid groups (broad SMARTS) is 1. The third-order valence-electron chi connectivity index (χ3n) is 13.2. The second-order valence-corrected chi connectivity index (χ2v) is 14.9. The van der Waals surface area contributed by atoms with Crippen LogP contribution in [0.1, 0.15) is 106 Å². The van der Waals surface area contributed by atoms with Crippen molar-refractivity contribution >= 4 is 5.97 Å². The van der Waals surface area contributed by atoms with Gasteiger partial charge >= 0.3 is 5.97 Å². The summed E-state index contributed by atoms with van der Waals surface area (Å²) in [7, 11) is 0. The molecule has 0 aliphatic heterocycles. The summed E-state index contributed by atoms with van der Waals surface area (Å²) in [6, 6.07) is 0. The zero-order valence-electron chi connectivity index (χ0n) is 22.4. The predicted molar refractivity (Wildman–Crippen MR) is 134 cm³/mol. The number of hydrogen-bond donors (Lipinski definition) is 3. The normalized spacial score (nSPS) is 54.1. The Morgan fingerprint density at radius 2 is 1.62 bits per heavy atom. The van der Waals surface area contributed by atoms with Crippen molar-refractivity contribution in [3.05, 3.63) is 11.6 Å². The highest BCUT2D eigenvalue weighted by Crippen LogP contribution is 2.75. The van der Waals surface area contributed by atoms with E-state index in [4.69, 9.17) is 0 Å². The zero-order valence-corrected chi connectivity index (χ0v) is 22.4. The van der Waals surface area contributed by atoms with Crippen LogP contribution in [0.3, 0.4) is 0 Å². The maximum Gasteiger partial charge on any atom is 0.310 e. The van der Waals surface area contributed by atoms with E-state index in [2.05, 4.69) is 47.6 Å². The fourth-order valence-electron chi connectivity index (χ4n) is 10.7. The van der Waals surface area contributed by atoms with E-state index in [0.29, 0.717) is 11.8 Å². The molecule has 0 spiro atoms. The molecule has 0 radical (unpaired) electrons. The molecule has 0 aromatic rings. The van der Waals surface area contributed by atoms with Crippen LogP contribution < -0.4 is 0 Å². The van der Waals surface area contributed by atoms with Gasteiger partial charge in [-0.2, -0.15) is 0 Å². The Hall–Kier alpha value is -0.870. The van der Waals surface area contributed by atoms with Crippen molar-refractivity contribution < 1.29 is 20.1 Å². The molecule has 5 aliphatic carbocycles. The first-order valence-electron chi connectivity index (χ1n) is 13.9. The van der Waals surface area contributed by atoms with Crippen LogP contribution in [0, 0.1) is 50.2 Å². The lowest BCUT2D eigenvalue weighted by molar-refractivity contribution is -0.216. The summed E-state index contributed by atoms with van der Waals surface area (Å²) >= 11 is 0. The smallest absolute Gasteiger partial charge is 0.310 e. The number of aliphatic hydroxyl groups is 2. The summed E-state index contributed by atoms with van der Waals surface area (Å²) in [5.74, 6) is 0.395. The number of aliphatic hydroxyl groups excluding tert-OH is 2. The summed E-state index contributed by atoms with van der Waals surface area (Å²) in [5, 5.41) is 31.8. The number of fused-ring (bicyclic) bond motifs is 7. The van der Waals surface area contributed by atoms with Crippen LogP contribution in [0.5, 0.6) is 0 Å². The van der Waals surface area contributed by atoms with Gasteiger partial charge in [0.05, 0.1) is 18.1 Å². The van der Waals surface area contributed by atoms with Crippen LogP contribution in [0.2, 0.25) is 0 Å². The SMILES string of the molecule is CC1(C)CC[C@@]2(C(=O)O)CC[C@@]3(C)C(=CC[C@H]4[C@]5(C)CC[C@@H](O)[C@](C)(CO)[C@H]5CC[C@@]43C)[C@H]2C1. The first kappa shape index (κ1) is 24.8. The summed E-state index contributed by atoms with van der Waals surface area (Å²) < 4.78 is 0. The van der Waals surface area contributed by atoms with Gasteiger partial charge in [0, 0.05) is 5.41 Å². The number of hydrogen-bond acceptors (Lipinski definition) is 3. The number of allylic oxidation sites excluding steroid dienone is 2. The number of carboxylic acids is 1. The Bertz CT molecular complexity index is 907. The molecule has 0 bridgehead atoms. The van der Waals surface area contributed by atoms with Gasteiger partial charge in [0.25, 0.3) is 0 Å². The van der Waals surface area contributed by atoms with Gasteiger partial charge in [-0.1, -0.05) is 53.2 Å². The molecule has 0 aromatic heterocycles. The molecule has 9 atom stereocenters. The number of rotatable bonds is 2. The highest BCUT2D eigenvalue weighted by Gasteiger charge is 2.69. The molecule has 0 unspecified atom stereocenters. The molecule has 4 saturated carbocycles. The van der Waals surface area contributed by atoms with Crippen molar-refractivity contribution in [3.63, 3.8) is 0 Å². The number of carbonyl (C=O) groups is 1. The van der Waals surface area contributed by atoms with Crippen LogP contribution in [-0.4, -0.2) is 34.0 Å². The van der Waals surface area contributed by atoms with Crippen LogP contribution in [-0.2, 0) is 4.79 Å². The molecule has 4 heteroatoms. The molecule has 192 valence electrons. The molecule has 0 heterocycles. The van der Waals surface area contributed by atoms with Crippen molar-refractivity contribution in [1.29, 1.82) is 0 Å². The summed E-state index contributed by atoms with van der Waals surface area (Å²) in [5.41, 5.74) is 0.858. The molecule has 0 saturated heterocycles. The quantitative estimate of drug-likeness (QED) is 0.418. The monoisotopic (exact) mass is 472 g/mol. The minimum atomic E-state index is -0.588. The molecule has 34 heavy (non-hydrogen) atoms. The van der Waals surface area contributed by atoms with Crippen LogP contribution in [0.25, 0.3) is 0 Å². The lowest BCUT2D eigenvalue weighted by atomic mass is 9.33. The van der Waals surface area contributed by atoms with E-state index < -0.39 is 22.9 Å². The molecule has 5 rings (SSSR count). The minimum Gasteiger partial charge on any atom is -0.481 e. The lowest BCUT2D eigenvalue weighted by Crippen LogP contribution is -2.65. The van der Waals surface area contributed by atoms with E-state index in [1.807, 2.05) is 0 Å². The first-order chi connectivity index (χ1) is 15.7. The van der Waals surface area contributed by atoms with E-state index in [-0.39, 0.29) is 34.2 Å². The predicted octanol–water partition coefficient (Wildman–Crippen LogP) is 6.21. The average Bonchev–Trinajstić information content (AvgIpc) is 2.76. The van der Waals surface area contributed by atoms with E-state index in [1.165, 1.54) is 5.57 Å². The highest BCUT2D eigenvalue weighted by atomic mass is 16.4.